The summed E-state index contributed by atoms with van der Waals surface area (Å²) in [4.78, 5) is 7.35. The van der Waals surface area contributed by atoms with Gasteiger partial charge >= 0.3 is 0 Å². The fourth-order valence-corrected chi connectivity index (χ4v) is 5.98. The summed E-state index contributed by atoms with van der Waals surface area (Å²) < 4.78 is 49.7. The van der Waals surface area contributed by atoms with E-state index in [2.05, 4.69) is 9.88 Å². The molecule has 5 nitrogen and oxygen atoms in total. The largest absolute Gasteiger partial charge is 0.492 e. The van der Waals surface area contributed by atoms with E-state index in [1.165, 1.54) is 12.1 Å². The normalized spacial score (nSPS) is 24.0. The second kappa shape index (κ2) is 9.39. The van der Waals surface area contributed by atoms with E-state index in [9.17, 15) is 9.50 Å². The summed E-state index contributed by atoms with van der Waals surface area (Å²) in [5.41, 5.74) is 2.63. The topological polar surface area (TPSA) is 51.7 Å². The van der Waals surface area contributed by atoms with Crippen LogP contribution in [-0.2, 0) is 6.42 Å². The number of aromatic amines is 1. The van der Waals surface area contributed by atoms with Crippen molar-refractivity contribution in [3.05, 3.63) is 64.9 Å². The molecule has 0 radical (unpaired) electrons. The van der Waals surface area contributed by atoms with Crippen LogP contribution >= 0.6 is 0 Å². The summed E-state index contributed by atoms with van der Waals surface area (Å²) in [5, 5.41) is 12.2. The molecule has 1 saturated carbocycles. The van der Waals surface area contributed by atoms with E-state index in [-0.39, 0.29) is 42.5 Å². The number of hydrogen-bond donors (Lipinski definition) is 2. The van der Waals surface area contributed by atoms with Crippen molar-refractivity contribution in [2.24, 2.45) is 11.8 Å². The Morgan fingerprint density at radius 2 is 1.86 bits per heavy atom. The molecule has 0 bridgehead atoms. The van der Waals surface area contributed by atoms with E-state index < -0.39 is 23.9 Å². The molecule has 0 amide bonds. The van der Waals surface area contributed by atoms with E-state index >= 15 is 8.78 Å². The Kier molecular flexibility index (Phi) is 6.22. The molecule has 0 spiro atoms. The molecular formula is C28H32F3N3O2. The minimum Gasteiger partial charge on any atom is -0.492 e. The maximum absolute atomic E-state index is 15.7. The summed E-state index contributed by atoms with van der Waals surface area (Å²) >= 11 is 0. The lowest BCUT2D eigenvalue weighted by atomic mass is 9.87. The van der Waals surface area contributed by atoms with Gasteiger partial charge in [0.2, 0.25) is 0 Å². The van der Waals surface area contributed by atoms with Crippen LogP contribution in [0.15, 0.2) is 36.4 Å². The highest BCUT2D eigenvalue weighted by Gasteiger charge is 2.45. The summed E-state index contributed by atoms with van der Waals surface area (Å²) in [6, 6.07) is 9.49. The zero-order chi connectivity index (χ0) is 25.0. The monoisotopic (exact) mass is 499 g/mol. The lowest BCUT2D eigenvalue weighted by Crippen LogP contribution is -2.50. The van der Waals surface area contributed by atoms with Crippen molar-refractivity contribution >= 4 is 10.9 Å². The Morgan fingerprint density at radius 1 is 1.14 bits per heavy atom. The number of fused-ring (bicyclic) bond motifs is 3. The van der Waals surface area contributed by atoms with Crippen LogP contribution in [0.25, 0.3) is 10.9 Å². The predicted octanol–water partition coefficient (Wildman–Crippen LogP) is 4.79. The van der Waals surface area contributed by atoms with E-state index in [0.717, 1.165) is 35.0 Å². The van der Waals surface area contributed by atoms with Gasteiger partial charge in [0.1, 0.15) is 30.2 Å². The number of nitrogens with zero attached hydrogens (tertiary/aromatic N) is 2. The number of alkyl halides is 1. The Labute approximate surface area is 208 Å². The molecule has 3 aromatic rings. The Hall–Kier alpha value is -2.55. The molecule has 3 aliphatic rings. The van der Waals surface area contributed by atoms with Gasteiger partial charge in [0, 0.05) is 65.9 Å². The fourth-order valence-electron chi connectivity index (χ4n) is 5.98. The third-order valence-corrected chi connectivity index (χ3v) is 8.03. The molecule has 1 aliphatic carbocycles. The number of hydrogen-bond acceptors (Lipinski definition) is 4. The van der Waals surface area contributed by atoms with Gasteiger partial charge in [0.25, 0.3) is 0 Å². The first-order chi connectivity index (χ1) is 17.4. The van der Waals surface area contributed by atoms with Crippen LogP contribution in [0.1, 0.15) is 42.6 Å². The van der Waals surface area contributed by atoms with Crippen molar-refractivity contribution in [2.75, 3.05) is 32.9 Å². The molecule has 2 fully saturated rings. The van der Waals surface area contributed by atoms with E-state index in [0.29, 0.717) is 26.1 Å². The first kappa shape index (κ1) is 23.8. The maximum Gasteiger partial charge on any atom is 0.135 e. The number of halogens is 3. The highest BCUT2D eigenvalue weighted by Crippen LogP contribution is 2.47. The van der Waals surface area contributed by atoms with Gasteiger partial charge in [0.15, 0.2) is 0 Å². The zero-order valence-electron chi connectivity index (χ0n) is 20.4. The number of aliphatic hydroxyl groups excluding tert-OH is 1. The summed E-state index contributed by atoms with van der Waals surface area (Å²) in [7, 11) is 0. The minimum atomic E-state index is -0.778. The van der Waals surface area contributed by atoms with Crippen LogP contribution in [0.3, 0.4) is 0 Å². The standard InChI is InChI=1S/C28H32F3N3O2/c1-16-10-21-20-4-2-3-5-24(20)32-26(21)27(34(16)28(35)18-6-7-18)25-22(30)11-19(12-23(25)31)36-9-8-33-14-17(13-29)15-33/h2-5,11-12,16-18,27-28,32,35H,6-10,13-15H2,1H3/t16-,27-,28?/m1/s1. The molecule has 6 rings (SSSR count). The van der Waals surface area contributed by atoms with Gasteiger partial charge in [-0.2, -0.15) is 0 Å². The molecule has 2 N–H and O–H groups in total. The summed E-state index contributed by atoms with van der Waals surface area (Å²) in [5.74, 6) is -1.05. The van der Waals surface area contributed by atoms with Crippen LogP contribution in [0.4, 0.5) is 13.2 Å². The number of aliphatic hydroxyl groups is 1. The van der Waals surface area contributed by atoms with Gasteiger partial charge in [-0.05, 0) is 43.7 Å². The smallest absolute Gasteiger partial charge is 0.135 e. The number of rotatable bonds is 8. The van der Waals surface area contributed by atoms with Crippen LogP contribution in [0, 0.1) is 23.5 Å². The third kappa shape index (κ3) is 4.19. The van der Waals surface area contributed by atoms with Crippen molar-refractivity contribution in [1.82, 2.24) is 14.8 Å². The highest BCUT2D eigenvalue weighted by molar-refractivity contribution is 5.85. The first-order valence-corrected chi connectivity index (χ1v) is 12.9. The van der Waals surface area contributed by atoms with Gasteiger partial charge in [-0.1, -0.05) is 18.2 Å². The summed E-state index contributed by atoms with van der Waals surface area (Å²) in [6.45, 7) is 3.93. The number of nitrogens with one attached hydrogen (secondary N) is 1. The van der Waals surface area contributed by atoms with Crippen LogP contribution in [0.5, 0.6) is 5.75 Å². The number of para-hydroxylation sites is 1. The number of likely N-dealkylation sites (tertiary alicyclic amines) is 1. The minimum absolute atomic E-state index is 0.0741. The lowest BCUT2D eigenvalue weighted by Gasteiger charge is -2.44. The van der Waals surface area contributed by atoms with Gasteiger partial charge < -0.3 is 14.8 Å². The molecule has 1 unspecified atom stereocenters. The van der Waals surface area contributed by atoms with Gasteiger partial charge in [-0.3, -0.25) is 14.2 Å². The lowest BCUT2D eigenvalue weighted by molar-refractivity contribution is -0.0622. The molecule has 3 atom stereocenters. The number of H-pyrrole nitrogens is 1. The zero-order valence-corrected chi connectivity index (χ0v) is 20.4. The van der Waals surface area contributed by atoms with Crippen LogP contribution in [-0.4, -0.2) is 65.1 Å². The van der Waals surface area contributed by atoms with Crippen molar-refractivity contribution in [1.29, 1.82) is 0 Å². The predicted molar refractivity (Wildman–Crippen MR) is 132 cm³/mol. The molecule has 2 aliphatic heterocycles. The van der Waals surface area contributed by atoms with E-state index in [1.54, 1.807) is 0 Å². The average Bonchev–Trinajstić information content (AvgIpc) is 3.61. The fraction of sp³-hybridized carbons (Fsp3) is 0.500. The second-order valence-electron chi connectivity index (χ2n) is 10.6. The maximum atomic E-state index is 15.7. The Bertz CT molecular complexity index is 1230. The van der Waals surface area contributed by atoms with Crippen LogP contribution < -0.4 is 4.74 Å². The van der Waals surface area contributed by atoms with Gasteiger partial charge in [0.05, 0.1) is 12.7 Å². The van der Waals surface area contributed by atoms with Crippen molar-refractivity contribution < 1.29 is 23.0 Å². The third-order valence-electron chi connectivity index (χ3n) is 8.03. The number of ether oxygens (including phenoxy) is 1. The van der Waals surface area contributed by atoms with Gasteiger partial charge in [-0.25, -0.2) is 8.78 Å². The highest BCUT2D eigenvalue weighted by atomic mass is 19.1. The average molecular weight is 500 g/mol. The SMILES string of the molecule is C[C@@H]1Cc2c([nH]c3ccccc23)[C@@H](c2c(F)cc(OCCN3CC(CF)C3)cc2F)N1C(O)C1CC1. The van der Waals surface area contributed by atoms with Crippen molar-refractivity contribution in [3.63, 3.8) is 0 Å². The number of benzene rings is 2. The molecule has 1 saturated heterocycles. The molecule has 36 heavy (non-hydrogen) atoms. The first-order valence-electron chi connectivity index (χ1n) is 12.9. The number of aromatic nitrogens is 1. The van der Waals surface area contributed by atoms with Gasteiger partial charge in [-0.15, -0.1) is 0 Å². The molecule has 2 aromatic carbocycles. The van der Waals surface area contributed by atoms with Crippen molar-refractivity contribution in [2.45, 2.75) is 44.5 Å². The molecule has 1 aromatic heterocycles. The quantitative estimate of drug-likeness (QED) is 0.468. The van der Waals surface area contributed by atoms with Crippen molar-refractivity contribution in [3.8, 4) is 5.75 Å². The Balaban J connectivity index is 1.32. The summed E-state index contributed by atoms with van der Waals surface area (Å²) in [6.07, 6.45) is 1.74. The van der Waals surface area contributed by atoms with Crippen LogP contribution in [0.2, 0.25) is 0 Å². The Morgan fingerprint density at radius 3 is 2.56 bits per heavy atom. The van der Waals surface area contributed by atoms with E-state index in [4.69, 9.17) is 4.74 Å². The molecule has 8 heteroatoms. The van der Waals surface area contributed by atoms with E-state index in [1.807, 2.05) is 36.1 Å². The molecule has 3 heterocycles. The molecule has 192 valence electrons. The second-order valence-corrected chi connectivity index (χ2v) is 10.6. The molecular weight excluding hydrogens is 467 g/mol.